The summed E-state index contributed by atoms with van der Waals surface area (Å²) in [4.78, 5) is 11.7. The fraction of sp³-hybridized carbons (Fsp3) is 0.190. The average molecular weight is 526 g/mol. The molecule has 0 atom stereocenters. The number of thioether (sulfide) groups is 1. The number of carbonyl (C=O) groups is 1. The van der Waals surface area contributed by atoms with Crippen LogP contribution in [0.15, 0.2) is 55.4 Å². The van der Waals surface area contributed by atoms with Gasteiger partial charge in [-0.25, -0.2) is 4.79 Å². The van der Waals surface area contributed by atoms with E-state index in [9.17, 15) is 9.90 Å². The van der Waals surface area contributed by atoms with E-state index >= 15 is 0 Å². The fourth-order valence-corrected chi connectivity index (χ4v) is 3.89. The van der Waals surface area contributed by atoms with Crippen molar-refractivity contribution in [3.05, 3.63) is 67.8 Å². The molecular formula is C21H18BrClN2O5S. The molecule has 3 aromatic rings. The van der Waals surface area contributed by atoms with Crippen LogP contribution in [0.2, 0.25) is 5.02 Å². The highest BCUT2D eigenvalue weighted by Gasteiger charge is 2.17. The Hall–Kier alpha value is -2.49. The summed E-state index contributed by atoms with van der Waals surface area (Å²) in [6.45, 7) is 2.19. The fourth-order valence-electron chi connectivity index (χ4n) is 2.50. The zero-order valence-corrected chi connectivity index (χ0v) is 19.8. The van der Waals surface area contributed by atoms with Crippen LogP contribution in [-0.4, -0.2) is 28.4 Å². The molecule has 7 nitrogen and oxygen atoms in total. The van der Waals surface area contributed by atoms with E-state index in [4.69, 9.17) is 25.5 Å². The van der Waals surface area contributed by atoms with Crippen LogP contribution < -0.4 is 9.47 Å². The molecule has 1 heterocycles. The third kappa shape index (κ3) is 6.25. The molecule has 0 radical (unpaired) electrons. The highest BCUT2D eigenvalue weighted by molar-refractivity contribution is 9.10. The highest BCUT2D eigenvalue weighted by atomic mass is 79.9. The third-order valence-corrected chi connectivity index (χ3v) is 5.70. The lowest BCUT2D eigenvalue weighted by atomic mass is 10.2. The van der Waals surface area contributed by atoms with Crippen LogP contribution in [0.3, 0.4) is 0 Å². The van der Waals surface area contributed by atoms with Gasteiger partial charge in [-0.05, 0) is 69.2 Å². The van der Waals surface area contributed by atoms with E-state index in [0.717, 1.165) is 17.3 Å². The van der Waals surface area contributed by atoms with Crippen molar-refractivity contribution >= 4 is 51.3 Å². The molecule has 0 fully saturated rings. The van der Waals surface area contributed by atoms with Crippen LogP contribution in [0.4, 0.5) is 0 Å². The highest BCUT2D eigenvalue weighted by Crippen LogP contribution is 2.38. The van der Waals surface area contributed by atoms with Gasteiger partial charge in [0.15, 0.2) is 11.5 Å². The molecule has 31 heavy (non-hydrogen) atoms. The summed E-state index contributed by atoms with van der Waals surface area (Å²) in [5.74, 6) is 0.289. The van der Waals surface area contributed by atoms with Crippen molar-refractivity contribution in [2.75, 3.05) is 7.11 Å². The number of benzene rings is 2. The molecule has 0 amide bonds. The lowest BCUT2D eigenvalue weighted by Gasteiger charge is -2.14. The molecule has 162 valence electrons. The van der Waals surface area contributed by atoms with E-state index in [2.05, 4.69) is 26.1 Å². The van der Waals surface area contributed by atoms with E-state index in [0.29, 0.717) is 45.5 Å². The van der Waals surface area contributed by atoms with Crippen molar-refractivity contribution < 1.29 is 23.8 Å². The van der Waals surface area contributed by atoms with Gasteiger partial charge in [0.1, 0.15) is 11.5 Å². The summed E-state index contributed by atoms with van der Waals surface area (Å²) in [5, 5.41) is 18.1. The first kappa shape index (κ1) is 23.2. The summed E-state index contributed by atoms with van der Waals surface area (Å²) in [6, 6.07) is 10.8. The molecular weight excluding hydrogens is 508 g/mol. The van der Waals surface area contributed by atoms with Gasteiger partial charge < -0.3 is 19.0 Å². The molecule has 10 heteroatoms. The summed E-state index contributed by atoms with van der Waals surface area (Å²) in [5.41, 5.74) is 1.54. The van der Waals surface area contributed by atoms with E-state index < -0.39 is 5.97 Å². The van der Waals surface area contributed by atoms with Gasteiger partial charge in [-0.15, -0.1) is 10.2 Å². The first-order chi connectivity index (χ1) is 14.9. The Bertz CT molecular complexity index is 1100. The van der Waals surface area contributed by atoms with Gasteiger partial charge >= 0.3 is 5.97 Å². The van der Waals surface area contributed by atoms with Gasteiger partial charge in [-0.1, -0.05) is 30.7 Å². The van der Waals surface area contributed by atoms with Crippen LogP contribution in [0.25, 0.3) is 6.08 Å². The summed E-state index contributed by atoms with van der Waals surface area (Å²) in [6.07, 6.45) is 2.07. The van der Waals surface area contributed by atoms with Crippen molar-refractivity contribution in [1.82, 2.24) is 10.2 Å². The molecule has 0 saturated heterocycles. The molecule has 0 unspecified atom stereocenters. The Balaban J connectivity index is 1.83. The molecule has 1 aromatic heterocycles. The van der Waals surface area contributed by atoms with E-state index in [-0.39, 0.29) is 10.1 Å². The van der Waals surface area contributed by atoms with E-state index in [1.807, 2.05) is 19.1 Å². The van der Waals surface area contributed by atoms with Crippen LogP contribution >= 0.6 is 39.3 Å². The van der Waals surface area contributed by atoms with Crippen LogP contribution in [0.5, 0.6) is 11.5 Å². The third-order valence-electron chi connectivity index (χ3n) is 4.00. The number of aryl methyl sites for hydroxylation is 1. The predicted octanol–water partition coefficient (Wildman–Crippen LogP) is 5.85. The van der Waals surface area contributed by atoms with Gasteiger partial charge in [-0.3, -0.25) is 0 Å². The number of aliphatic carboxylic acids is 1. The maximum Gasteiger partial charge on any atom is 0.342 e. The SMILES string of the molecule is CCc1nnc(S/C(=C\c2cc(Br)c(OCc3ccc(Cl)cc3)c(OC)c2)C(=O)O)o1. The average Bonchev–Trinajstić information content (AvgIpc) is 3.21. The number of rotatable bonds is 9. The van der Waals surface area contributed by atoms with Crippen molar-refractivity contribution in [3.8, 4) is 11.5 Å². The Morgan fingerprint density at radius 2 is 2.03 bits per heavy atom. The molecule has 0 spiro atoms. The lowest BCUT2D eigenvalue weighted by Crippen LogP contribution is -2.00. The number of aromatic nitrogens is 2. The second-order valence-electron chi connectivity index (χ2n) is 6.18. The number of carboxylic acid groups (broad SMARTS) is 1. The van der Waals surface area contributed by atoms with Crippen molar-refractivity contribution in [2.45, 2.75) is 25.2 Å². The minimum atomic E-state index is -1.11. The number of carboxylic acids is 1. The molecule has 3 rings (SSSR count). The van der Waals surface area contributed by atoms with E-state index in [1.165, 1.54) is 13.2 Å². The quantitative estimate of drug-likeness (QED) is 0.274. The van der Waals surface area contributed by atoms with Crippen molar-refractivity contribution in [2.24, 2.45) is 0 Å². The second-order valence-corrected chi connectivity index (χ2v) is 8.46. The molecule has 0 aliphatic heterocycles. The Morgan fingerprint density at radius 1 is 1.29 bits per heavy atom. The molecule has 2 aromatic carbocycles. The first-order valence-corrected chi connectivity index (χ1v) is 11.1. The minimum absolute atomic E-state index is 0.0232. The number of halogens is 2. The smallest absolute Gasteiger partial charge is 0.342 e. The van der Waals surface area contributed by atoms with Crippen molar-refractivity contribution in [3.63, 3.8) is 0 Å². The number of nitrogens with zero attached hydrogens (tertiary/aromatic N) is 2. The van der Waals surface area contributed by atoms with Gasteiger partial charge in [0.25, 0.3) is 5.22 Å². The lowest BCUT2D eigenvalue weighted by molar-refractivity contribution is -0.131. The summed E-state index contributed by atoms with van der Waals surface area (Å²) >= 11 is 10.3. The first-order valence-electron chi connectivity index (χ1n) is 9.09. The zero-order chi connectivity index (χ0) is 22.4. The predicted molar refractivity (Wildman–Crippen MR) is 122 cm³/mol. The minimum Gasteiger partial charge on any atom is -0.493 e. The van der Waals surface area contributed by atoms with Gasteiger partial charge in [-0.2, -0.15) is 0 Å². The monoisotopic (exact) mass is 524 g/mol. The molecule has 0 aliphatic carbocycles. The largest absolute Gasteiger partial charge is 0.493 e. The van der Waals surface area contributed by atoms with E-state index in [1.54, 1.807) is 24.3 Å². The number of methoxy groups -OCH3 is 1. The number of ether oxygens (including phenoxy) is 2. The topological polar surface area (TPSA) is 94.7 Å². The summed E-state index contributed by atoms with van der Waals surface area (Å²) < 4.78 is 17.4. The zero-order valence-electron chi connectivity index (χ0n) is 16.6. The number of hydrogen-bond acceptors (Lipinski definition) is 7. The molecule has 0 aliphatic rings. The Labute approximate surface area is 196 Å². The van der Waals surface area contributed by atoms with Gasteiger partial charge in [0, 0.05) is 11.4 Å². The maximum atomic E-state index is 11.7. The molecule has 1 N–H and O–H groups in total. The number of hydrogen-bond donors (Lipinski definition) is 1. The maximum absolute atomic E-state index is 11.7. The second kappa shape index (κ2) is 10.7. The van der Waals surface area contributed by atoms with Gasteiger partial charge in [0.05, 0.1) is 11.6 Å². The van der Waals surface area contributed by atoms with Crippen molar-refractivity contribution in [1.29, 1.82) is 0 Å². The molecule has 0 bridgehead atoms. The normalized spacial score (nSPS) is 11.4. The Kier molecular flexibility index (Phi) is 8.00. The van der Waals surface area contributed by atoms with Crippen LogP contribution in [-0.2, 0) is 17.8 Å². The van der Waals surface area contributed by atoms with Crippen LogP contribution in [0.1, 0.15) is 23.9 Å². The van der Waals surface area contributed by atoms with Gasteiger partial charge in [0.2, 0.25) is 5.89 Å². The Morgan fingerprint density at radius 3 is 2.65 bits per heavy atom. The molecule has 0 saturated carbocycles. The van der Waals surface area contributed by atoms with Crippen LogP contribution in [0, 0.1) is 0 Å². The standard InChI is InChI=1S/C21H18BrClN2O5S/c1-3-18-24-25-21(30-18)31-17(20(26)27)10-13-8-15(22)19(16(9-13)28-2)29-11-12-4-6-14(23)7-5-12/h4-10H,3,11H2,1-2H3,(H,26,27)/b17-10-. The summed E-state index contributed by atoms with van der Waals surface area (Å²) in [7, 11) is 1.52.